The van der Waals surface area contributed by atoms with Gasteiger partial charge in [-0.25, -0.2) is 4.98 Å². The highest BCUT2D eigenvalue weighted by Crippen LogP contribution is 2.17. The molecule has 1 heterocycles. The van der Waals surface area contributed by atoms with E-state index in [1.807, 2.05) is 36.4 Å². The van der Waals surface area contributed by atoms with E-state index in [-0.39, 0.29) is 11.2 Å². The average Bonchev–Trinajstić information content (AvgIpc) is 2.73. The van der Waals surface area contributed by atoms with Crippen LogP contribution in [0.2, 0.25) is 0 Å². The van der Waals surface area contributed by atoms with Gasteiger partial charge in [0, 0.05) is 12.1 Å². The predicted octanol–water partition coefficient (Wildman–Crippen LogP) is 4.46. The Hall–Kier alpha value is -4.06. The van der Waals surface area contributed by atoms with E-state index in [1.54, 1.807) is 42.5 Å². The van der Waals surface area contributed by atoms with E-state index in [4.69, 9.17) is 0 Å². The van der Waals surface area contributed by atoms with E-state index in [0.717, 1.165) is 0 Å². The SMILES string of the molecule is O=c1c2ccccc2nc(/C=C\c2cccc([N+](=O)[O-])c2)n1-c1ccccc1. The van der Waals surface area contributed by atoms with Crippen LogP contribution in [0.25, 0.3) is 28.7 Å². The molecule has 28 heavy (non-hydrogen) atoms. The number of nitro benzene ring substituents is 1. The van der Waals surface area contributed by atoms with Crippen LogP contribution in [-0.2, 0) is 0 Å². The van der Waals surface area contributed by atoms with Crippen molar-refractivity contribution >= 4 is 28.7 Å². The average molecular weight is 369 g/mol. The van der Waals surface area contributed by atoms with Crippen LogP contribution >= 0.6 is 0 Å². The number of hydrogen-bond acceptors (Lipinski definition) is 4. The van der Waals surface area contributed by atoms with Gasteiger partial charge in [-0.05, 0) is 35.9 Å². The second kappa shape index (κ2) is 7.28. The molecule has 0 saturated carbocycles. The van der Waals surface area contributed by atoms with Gasteiger partial charge in [0.1, 0.15) is 5.82 Å². The third kappa shape index (κ3) is 3.31. The zero-order valence-electron chi connectivity index (χ0n) is 14.7. The zero-order chi connectivity index (χ0) is 19.5. The molecule has 6 heteroatoms. The van der Waals surface area contributed by atoms with Crippen LogP contribution in [0.5, 0.6) is 0 Å². The number of rotatable bonds is 4. The Morgan fingerprint density at radius 2 is 1.64 bits per heavy atom. The van der Waals surface area contributed by atoms with Crippen molar-refractivity contribution in [2.75, 3.05) is 0 Å². The summed E-state index contributed by atoms with van der Waals surface area (Å²) >= 11 is 0. The number of para-hydroxylation sites is 2. The van der Waals surface area contributed by atoms with Crippen LogP contribution in [0.1, 0.15) is 11.4 Å². The molecule has 0 aliphatic rings. The molecule has 4 aromatic rings. The summed E-state index contributed by atoms with van der Waals surface area (Å²) in [6, 6.07) is 22.7. The number of benzene rings is 3. The van der Waals surface area contributed by atoms with Crippen LogP contribution in [0.4, 0.5) is 5.69 Å². The Labute approximate surface area is 160 Å². The van der Waals surface area contributed by atoms with E-state index >= 15 is 0 Å². The van der Waals surface area contributed by atoms with E-state index in [2.05, 4.69) is 4.98 Å². The van der Waals surface area contributed by atoms with Crippen LogP contribution in [-0.4, -0.2) is 14.5 Å². The van der Waals surface area contributed by atoms with Gasteiger partial charge in [0.25, 0.3) is 11.2 Å². The van der Waals surface area contributed by atoms with Gasteiger partial charge < -0.3 is 0 Å². The lowest BCUT2D eigenvalue weighted by atomic mass is 10.2. The van der Waals surface area contributed by atoms with E-state index in [0.29, 0.717) is 28.0 Å². The Balaban J connectivity index is 1.89. The molecular formula is C22H15N3O3. The third-order valence-corrected chi connectivity index (χ3v) is 4.32. The molecule has 136 valence electrons. The van der Waals surface area contributed by atoms with Gasteiger partial charge in [-0.1, -0.05) is 48.5 Å². The maximum absolute atomic E-state index is 13.1. The summed E-state index contributed by atoms with van der Waals surface area (Å²) in [4.78, 5) is 28.3. The molecule has 0 radical (unpaired) electrons. The highest BCUT2D eigenvalue weighted by Gasteiger charge is 2.11. The summed E-state index contributed by atoms with van der Waals surface area (Å²) in [6.45, 7) is 0. The fourth-order valence-electron chi connectivity index (χ4n) is 3.00. The first kappa shape index (κ1) is 17.4. The molecule has 0 N–H and O–H groups in total. The minimum Gasteiger partial charge on any atom is -0.268 e. The van der Waals surface area contributed by atoms with Crippen molar-refractivity contribution in [3.8, 4) is 5.69 Å². The lowest BCUT2D eigenvalue weighted by Crippen LogP contribution is -2.22. The van der Waals surface area contributed by atoms with Crippen LogP contribution in [0.3, 0.4) is 0 Å². The summed E-state index contributed by atoms with van der Waals surface area (Å²) in [7, 11) is 0. The second-order valence-electron chi connectivity index (χ2n) is 6.15. The van der Waals surface area contributed by atoms with Gasteiger partial charge in [0.05, 0.1) is 21.5 Å². The maximum Gasteiger partial charge on any atom is 0.270 e. The number of aromatic nitrogens is 2. The van der Waals surface area contributed by atoms with Crippen molar-refractivity contribution in [2.45, 2.75) is 0 Å². The molecule has 0 fully saturated rings. The Bertz CT molecular complexity index is 1260. The topological polar surface area (TPSA) is 78.0 Å². The van der Waals surface area contributed by atoms with Crippen molar-refractivity contribution < 1.29 is 4.92 Å². The van der Waals surface area contributed by atoms with Crippen molar-refractivity contribution in [3.05, 3.63) is 111 Å². The van der Waals surface area contributed by atoms with E-state index in [9.17, 15) is 14.9 Å². The highest BCUT2D eigenvalue weighted by molar-refractivity contribution is 5.80. The van der Waals surface area contributed by atoms with Crippen molar-refractivity contribution in [1.29, 1.82) is 0 Å². The smallest absolute Gasteiger partial charge is 0.268 e. The Kier molecular flexibility index (Phi) is 4.51. The molecule has 6 nitrogen and oxygen atoms in total. The quantitative estimate of drug-likeness (QED) is 0.393. The third-order valence-electron chi connectivity index (χ3n) is 4.32. The van der Waals surface area contributed by atoms with E-state index in [1.165, 1.54) is 16.7 Å². The largest absolute Gasteiger partial charge is 0.270 e. The molecule has 4 rings (SSSR count). The molecule has 0 bridgehead atoms. The number of hydrogen-bond donors (Lipinski definition) is 0. The molecule has 0 saturated heterocycles. The number of fused-ring (bicyclic) bond motifs is 1. The Morgan fingerprint density at radius 3 is 2.43 bits per heavy atom. The van der Waals surface area contributed by atoms with Crippen molar-refractivity contribution in [3.63, 3.8) is 0 Å². The van der Waals surface area contributed by atoms with Crippen LogP contribution in [0.15, 0.2) is 83.7 Å². The second-order valence-corrected chi connectivity index (χ2v) is 6.15. The van der Waals surface area contributed by atoms with Gasteiger partial charge in [-0.3, -0.25) is 19.5 Å². The summed E-state index contributed by atoms with van der Waals surface area (Å²) < 4.78 is 1.54. The molecule has 0 aliphatic carbocycles. The lowest BCUT2D eigenvalue weighted by molar-refractivity contribution is -0.384. The fourth-order valence-corrected chi connectivity index (χ4v) is 3.00. The molecule has 0 amide bonds. The van der Waals surface area contributed by atoms with Crippen LogP contribution in [0, 0.1) is 10.1 Å². The lowest BCUT2D eigenvalue weighted by Gasteiger charge is -2.11. The predicted molar refractivity (Wildman–Crippen MR) is 109 cm³/mol. The Morgan fingerprint density at radius 1 is 0.893 bits per heavy atom. The first-order valence-corrected chi connectivity index (χ1v) is 8.63. The number of non-ortho nitro benzene ring substituents is 1. The number of nitro groups is 1. The molecule has 0 aliphatic heterocycles. The van der Waals surface area contributed by atoms with Gasteiger partial charge in [0.15, 0.2) is 0 Å². The van der Waals surface area contributed by atoms with Crippen LogP contribution < -0.4 is 5.56 Å². The van der Waals surface area contributed by atoms with Gasteiger partial charge in [-0.15, -0.1) is 0 Å². The zero-order valence-corrected chi connectivity index (χ0v) is 14.7. The minimum absolute atomic E-state index is 0.00840. The normalized spacial score (nSPS) is 11.1. The first-order valence-electron chi connectivity index (χ1n) is 8.63. The molecular weight excluding hydrogens is 354 g/mol. The monoisotopic (exact) mass is 369 g/mol. The van der Waals surface area contributed by atoms with Gasteiger partial charge in [-0.2, -0.15) is 0 Å². The number of nitrogens with zero attached hydrogens (tertiary/aromatic N) is 3. The first-order chi connectivity index (χ1) is 13.6. The molecule has 0 spiro atoms. The fraction of sp³-hybridized carbons (Fsp3) is 0. The molecule has 0 atom stereocenters. The molecule has 3 aromatic carbocycles. The maximum atomic E-state index is 13.1. The minimum atomic E-state index is -0.439. The van der Waals surface area contributed by atoms with Crippen molar-refractivity contribution in [2.24, 2.45) is 0 Å². The summed E-state index contributed by atoms with van der Waals surface area (Å²) in [5.41, 5.74) is 1.78. The summed E-state index contributed by atoms with van der Waals surface area (Å²) in [5.74, 6) is 0.446. The van der Waals surface area contributed by atoms with Crippen molar-refractivity contribution in [1.82, 2.24) is 9.55 Å². The molecule has 0 unspecified atom stereocenters. The highest BCUT2D eigenvalue weighted by atomic mass is 16.6. The van der Waals surface area contributed by atoms with Gasteiger partial charge in [0.2, 0.25) is 0 Å². The van der Waals surface area contributed by atoms with Gasteiger partial charge >= 0.3 is 0 Å². The van der Waals surface area contributed by atoms with E-state index < -0.39 is 4.92 Å². The summed E-state index contributed by atoms with van der Waals surface area (Å²) in [5, 5.41) is 11.5. The standard InChI is InChI=1S/C22H15N3O3/c26-22-19-11-4-5-12-20(19)23-21(24(22)17-8-2-1-3-9-17)14-13-16-7-6-10-18(15-16)25(27)28/h1-15H/b14-13-. The molecule has 1 aromatic heterocycles. The summed E-state index contributed by atoms with van der Waals surface area (Å²) in [6.07, 6.45) is 3.41.